The minimum absolute atomic E-state index is 0.919. The lowest BCUT2D eigenvalue weighted by molar-refractivity contribution is 1.33. The molecule has 4 aromatic heterocycles. The van der Waals surface area contributed by atoms with E-state index in [0.717, 1.165) is 88.6 Å². The van der Waals surface area contributed by atoms with E-state index in [9.17, 15) is 0 Å². The highest BCUT2D eigenvalue weighted by Gasteiger charge is 2.14. The van der Waals surface area contributed by atoms with Gasteiger partial charge in [0.2, 0.25) is 0 Å². The summed E-state index contributed by atoms with van der Waals surface area (Å²) >= 11 is 0. The van der Waals surface area contributed by atoms with E-state index >= 15 is 0 Å². The number of rotatable bonds is 4. The smallest absolute Gasteiger partial charge is 0.0975 e. The molecule has 0 radical (unpaired) electrons. The van der Waals surface area contributed by atoms with Gasteiger partial charge in [0, 0.05) is 43.8 Å². The van der Waals surface area contributed by atoms with Crippen LogP contribution in [0.15, 0.2) is 146 Å². The van der Waals surface area contributed by atoms with Crippen LogP contribution in [0.4, 0.5) is 0 Å². The molecule has 226 valence electrons. The molecule has 48 heavy (non-hydrogen) atoms. The fourth-order valence-corrected chi connectivity index (χ4v) is 6.73. The van der Waals surface area contributed by atoms with Gasteiger partial charge in [0.1, 0.15) is 0 Å². The number of hydrogen-bond donors (Lipinski definition) is 0. The third-order valence-corrected chi connectivity index (χ3v) is 9.31. The summed E-state index contributed by atoms with van der Waals surface area (Å²) in [6.45, 7) is 4.30. The van der Waals surface area contributed by atoms with Gasteiger partial charge in [-0.2, -0.15) is 0 Å². The van der Waals surface area contributed by atoms with E-state index in [-0.39, 0.29) is 0 Å². The summed E-state index contributed by atoms with van der Waals surface area (Å²) in [4.78, 5) is 20.6. The summed E-state index contributed by atoms with van der Waals surface area (Å²) in [5, 5.41) is 4.40. The Kier molecular flexibility index (Phi) is 6.54. The van der Waals surface area contributed by atoms with Crippen LogP contribution in [0.3, 0.4) is 0 Å². The van der Waals surface area contributed by atoms with E-state index in [2.05, 4.69) is 123 Å². The summed E-state index contributed by atoms with van der Waals surface area (Å²) in [5.74, 6) is 0. The van der Waals surface area contributed by atoms with E-state index in [1.165, 1.54) is 11.1 Å². The highest BCUT2D eigenvalue weighted by molar-refractivity contribution is 6.06. The second kappa shape index (κ2) is 11.2. The molecule has 0 aliphatic carbocycles. The maximum atomic E-state index is 5.21. The first kappa shape index (κ1) is 28.0. The number of aryl methyl sites for hydroxylation is 2. The van der Waals surface area contributed by atoms with Crippen LogP contribution in [-0.2, 0) is 0 Å². The third kappa shape index (κ3) is 4.78. The number of aromatic nitrogens is 4. The Morgan fingerprint density at radius 2 is 0.667 bits per heavy atom. The van der Waals surface area contributed by atoms with Crippen molar-refractivity contribution in [3.63, 3.8) is 0 Å². The highest BCUT2D eigenvalue weighted by atomic mass is 14.8. The van der Waals surface area contributed by atoms with Crippen molar-refractivity contribution in [2.24, 2.45) is 0 Å². The Labute approximate surface area is 278 Å². The van der Waals surface area contributed by atoms with Crippen molar-refractivity contribution in [2.45, 2.75) is 13.8 Å². The molecule has 0 bridgehead atoms. The lowest BCUT2D eigenvalue weighted by atomic mass is 10.00. The molecule has 0 atom stereocenters. The van der Waals surface area contributed by atoms with Gasteiger partial charge >= 0.3 is 0 Å². The zero-order chi connectivity index (χ0) is 32.2. The van der Waals surface area contributed by atoms with Gasteiger partial charge in [-0.05, 0) is 49.2 Å². The molecule has 0 saturated carbocycles. The number of fused-ring (bicyclic) bond motifs is 6. The molecule has 9 aromatic rings. The quantitative estimate of drug-likeness (QED) is 0.185. The Morgan fingerprint density at radius 3 is 1.08 bits per heavy atom. The van der Waals surface area contributed by atoms with Gasteiger partial charge in [-0.1, -0.05) is 121 Å². The first-order valence-electron chi connectivity index (χ1n) is 16.2. The lowest BCUT2D eigenvalue weighted by Gasteiger charge is -2.12. The standard InChI is InChI=1S/C44H30N4/c1-27-25-39(47-43-35(27)21-17-33-19-23-37(45-41(33)43)29-9-5-3-6-10-29)31-13-15-32(16-14-31)40-26-28(2)36-22-18-34-20-24-38(30-11-7-4-8-12-30)46-42(34)44(36)48-40/h3-26H,1-2H3. The monoisotopic (exact) mass is 614 g/mol. The second-order valence-corrected chi connectivity index (χ2v) is 12.4. The number of benzene rings is 5. The first-order chi connectivity index (χ1) is 23.6. The lowest BCUT2D eigenvalue weighted by Crippen LogP contribution is -1.94. The minimum Gasteiger partial charge on any atom is -0.245 e. The van der Waals surface area contributed by atoms with E-state index in [0.29, 0.717) is 0 Å². The topological polar surface area (TPSA) is 51.6 Å². The van der Waals surface area contributed by atoms with Crippen LogP contribution >= 0.6 is 0 Å². The Hall–Kier alpha value is -6.26. The van der Waals surface area contributed by atoms with Crippen molar-refractivity contribution in [2.75, 3.05) is 0 Å². The molecule has 0 N–H and O–H groups in total. The molecule has 0 aliphatic rings. The molecule has 0 spiro atoms. The molecule has 0 fully saturated rings. The molecule has 9 rings (SSSR count). The first-order valence-corrected chi connectivity index (χ1v) is 16.2. The Morgan fingerprint density at radius 1 is 0.312 bits per heavy atom. The molecule has 0 unspecified atom stereocenters. The van der Waals surface area contributed by atoms with E-state index < -0.39 is 0 Å². The Bertz CT molecular complexity index is 2480. The fraction of sp³-hybridized carbons (Fsp3) is 0.0455. The van der Waals surface area contributed by atoms with Gasteiger partial charge in [0.25, 0.3) is 0 Å². The average molecular weight is 615 g/mol. The highest BCUT2D eigenvalue weighted by Crippen LogP contribution is 2.34. The molecule has 4 heterocycles. The van der Waals surface area contributed by atoms with Crippen LogP contribution in [0, 0.1) is 13.8 Å². The summed E-state index contributed by atoms with van der Waals surface area (Å²) in [7, 11) is 0. The van der Waals surface area contributed by atoms with Crippen LogP contribution in [0.2, 0.25) is 0 Å². The van der Waals surface area contributed by atoms with Crippen molar-refractivity contribution >= 4 is 43.6 Å². The maximum absolute atomic E-state index is 5.21. The van der Waals surface area contributed by atoms with E-state index in [4.69, 9.17) is 19.9 Å². The summed E-state index contributed by atoms with van der Waals surface area (Å²) in [6.07, 6.45) is 0. The number of hydrogen-bond acceptors (Lipinski definition) is 4. The normalized spacial score (nSPS) is 11.5. The van der Waals surface area contributed by atoms with Gasteiger partial charge in [-0.15, -0.1) is 0 Å². The summed E-state index contributed by atoms with van der Waals surface area (Å²) in [5.41, 5.74) is 14.1. The molecule has 5 aromatic carbocycles. The zero-order valence-electron chi connectivity index (χ0n) is 26.6. The third-order valence-electron chi connectivity index (χ3n) is 9.31. The molecular weight excluding hydrogens is 585 g/mol. The molecule has 4 nitrogen and oxygen atoms in total. The number of nitrogens with zero attached hydrogens (tertiary/aromatic N) is 4. The van der Waals surface area contributed by atoms with Crippen molar-refractivity contribution in [1.29, 1.82) is 0 Å². The van der Waals surface area contributed by atoms with Crippen molar-refractivity contribution in [3.8, 4) is 45.0 Å². The van der Waals surface area contributed by atoms with Gasteiger partial charge in [-0.3, -0.25) is 0 Å². The summed E-state index contributed by atoms with van der Waals surface area (Å²) < 4.78 is 0. The van der Waals surface area contributed by atoms with Gasteiger partial charge in [-0.25, -0.2) is 19.9 Å². The SMILES string of the molecule is Cc1cc(-c2ccc(-c3cc(C)c4ccc5ccc(-c6ccccc6)nc5c4n3)cc2)nc2c1ccc1ccc(-c3ccccc3)nc12. The largest absolute Gasteiger partial charge is 0.245 e. The molecule has 0 amide bonds. The molecule has 0 saturated heterocycles. The van der Waals surface area contributed by atoms with Crippen LogP contribution in [0.1, 0.15) is 11.1 Å². The molecular formula is C44H30N4. The van der Waals surface area contributed by atoms with Crippen LogP contribution in [-0.4, -0.2) is 19.9 Å². The van der Waals surface area contributed by atoms with E-state index in [1.807, 2.05) is 36.4 Å². The maximum Gasteiger partial charge on any atom is 0.0975 e. The zero-order valence-corrected chi connectivity index (χ0v) is 26.6. The predicted molar refractivity (Wildman–Crippen MR) is 199 cm³/mol. The van der Waals surface area contributed by atoms with Gasteiger partial charge in [0.05, 0.1) is 44.8 Å². The predicted octanol–water partition coefficient (Wildman–Crippen LogP) is 11.2. The van der Waals surface area contributed by atoms with Crippen molar-refractivity contribution < 1.29 is 0 Å². The van der Waals surface area contributed by atoms with Gasteiger partial charge < -0.3 is 0 Å². The van der Waals surface area contributed by atoms with Crippen LogP contribution in [0.25, 0.3) is 88.6 Å². The van der Waals surface area contributed by atoms with E-state index in [1.54, 1.807) is 0 Å². The van der Waals surface area contributed by atoms with Crippen LogP contribution in [0.5, 0.6) is 0 Å². The van der Waals surface area contributed by atoms with Gasteiger partial charge in [0.15, 0.2) is 0 Å². The van der Waals surface area contributed by atoms with Crippen LogP contribution < -0.4 is 0 Å². The molecule has 0 aliphatic heterocycles. The minimum atomic E-state index is 0.919. The Balaban J connectivity index is 1.13. The fourth-order valence-electron chi connectivity index (χ4n) is 6.73. The second-order valence-electron chi connectivity index (χ2n) is 12.4. The molecule has 4 heteroatoms. The average Bonchev–Trinajstić information content (AvgIpc) is 3.15. The number of pyridine rings is 4. The van der Waals surface area contributed by atoms with Crippen molar-refractivity contribution in [3.05, 3.63) is 157 Å². The summed E-state index contributed by atoms with van der Waals surface area (Å²) in [6, 6.07) is 50.6. The van der Waals surface area contributed by atoms with Crippen molar-refractivity contribution in [1.82, 2.24) is 19.9 Å².